The Balaban J connectivity index is 1.18. The van der Waals surface area contributed by atoms with Crippen molar-refractivity contribution in [3.63, 3.8) is 0 Å². The Morgan fingerprint density at radius 3 is 2.53 bits per heavy atom. The maximum Gasteiger partial charge on any atom is 0.336 e. The maximum absolute atomic E-state index is 13.3. The topological polar surface area (TPSA) is 119 Å². The molecule has 1 atom stereocenters. The second-order valence-electron chi connectivity index (χ2n) is 8.91. The van der Waals surface area contributed by atoms with Crippen molar-refractivity contribution in [3.8, 4) is 5.82 Å². The zero-order chi connectivity index (χ0) is 22.3. The number of hydrogen-bond acceptors (Lipinski definition) is 9. The second-order valence-corrected chi connectivity index (χ2v) is 8.91. The van der Waals surface area contributed by atoms with Crippen LogP contribution in [0.15, 0.2) is 29.7 Å². The highest BCUT2D eigenvalue weighted by molar-refractivity contribution is 5.94. The summed E-state index contributed by atoms with van der Waals surface area (Å²) >= 11 is 0. The zero-order valence-electron chi connectivity index (χ0n) is 18.3. The number of likely N-dealkylation sites (tertiary alicyclic amines) is 2. The Morgan fingerprint density at radius 2 is 1.91 bits per heavy atom. The van der Waals surface area contributed by atoms with Crippen molar-refractivity contribution in [2.45, 2.75) is 39.0 Å². The molecular weight excluding hydrogens is 412 g/mol. The lowest BCUT2D eigenvalue weighted by Crippen LogP contribution is -2.45. The van der Waals surface area contributed by atoms with E-state index in [1.54, 1.807) is 11.8 Å². The minimum Gasteiger partial charge on any atom is -0.456 e. The van der Waals surface area contributed by atoms with Crippen LogP contribution in [0.3, 0.4) is 0 Å². The third-order valence-corrected chi connectivity index (χ3v) is 7.02. The molecule has 3 aliphatic rings. The predicted molar refractivity (Wildman–Crippen MR) is 111 cm³/mol. The molecule has 1 amide bonds. The van der Waals surface area contributed by atoms with Crippen LogP contribution >= 0.6 is 0 Å². The van der Waals surface area contributed by atoms with Gasteiger partial charge < -0.3 is 14.5 Å². The van der Waals surface area contributed by atoms with Crippen LogP contribution in [0, 0.1) is 5.41 Å². The first-order valence-corrected chi connectivity index (χ1v) is 10.9. The lowest BCUT2D eigenvalue weighted by atomic mass is 9.77. The maximum atomic E-state index is 13.3. The van der Waals surface area contributed by atoms with Gasteiger partial charge in [-0.3, -0.25) is 4.79 Å². The lowest BCUT2D eigenvalue weighted by Gasteiger charge is -2.38. The number of ether oxygens (including phenoxy) is 1. The Morgan fingerprint density at radius 1 is 1.12 bits per heavy atom. The summed E-state index contributed by atoms with van der Waals surface area (Å²) in [5.74, 6) is 0.633. The Labute approximate surface area is 185 Å². The van der Waals surface area contributed by atoms with Crippen LogP contribution in [-0.2, 0) is 14.3 Å². The van der Waals surface area contributed by atoms with Gasteiger partial charge in [0, 0.05) is 19.0 Å². The largest absolute Gasteiger partial charge is 0.456 e. The van der Waals surface area contributed by atoms with Gasteiger partial charge in [0.15, 0.2) is 5.82 Å². The molecule has 2 fully saturated rings. The van der Waals surface area contributed by atoms with Crippen LogP contribution < -0.4 is 0 Å². The van der Waals surface area contributed by atoms with Gasteiger partial charge >= 0.3 is 5.97 Å². The average Bonchev–Trinajstić information content (AvgIpc) is 3.53. The SMILES string of the molecule is CC1=C(N2CCC3(CCN(C[C@@H](C)c4ccc(-n5cnnn5)nn4)CC3)C2=O)COC1=O. The van der Waals surface area contributed by atoms with E-state index in [4.69, 9.17) is 4.74 Å². The van der Waals surface area contributed by atoms with Gasteiger partial charge in [-0.1, -0.05) is 6.92 Å². The molecule has 168 valence electrons. The van der Waals surface area contributed by atoms with Gasteiger partial charge in [-0.05, 0) is 61.8 Å². The van der Waals surface area contributed by atoms with E-state index >= 15 is 0 Å². The number of amides is 1. The van der Waals surface area contributed by atoms with E-state index in [1.165, 1.54) is 11.0 Å². The molecule has 0 unspecified atom stereocenters. The Bertz CT molecular complexity index is 1040. The van der Waals surface area contributed by atoms with Gasteiger partial charge in [-0.25, -0.2) is 4.79 Å². The van der Waals surface area contributed by atoms with Gasteiger partial charge in [0.1, 0.15) is 12.9 Å². The highest BCUT2D eigenvalue weighted by Crippen LogP contribution is 2.43. The van der Waals surface area contributed by atoms with Crippen molar-refractivity contribution in [3.05, 3.63) is 35.4 Å². The minimum absolute atomic E-state index is 0.155. The van der Waals surface area contributed by atoms with Crippen LogP contribution in [0.5, 0.6) is 0 Å². The van der Waals surface area contributed by atoms with Crippen molar-refractivity contribution in [1.82, 2.24) is 40.2 Å². The van der Waals surface area contributed by atoms with Crippen LogP contribution in [0.25, 0.3) is 5.82 Å². The molecular formula is C21H26N8O3. The smallest absolute Gasteiger partial charge is 0.336 e. The Kier molecular flexibility index (Phi) is 5.20. The molecule has 11 heteroatoms. The summed E-state index contributed by atoms with van der Waals surface area (Å²) in [5.41, 5.74) is 1.91. The van der Waals surface area contributed by atoms with Crippen LogP contribution in [0.2, 0.25) is 0 Å². The number of rotatable bonds is 5. The molecule has 0 aromatic carbocycles. The summed E-state index contributed by atoms with van der Waals surface area (Å²) in [5, 5.41) is 19.6. The van der Waals surface area contributed by atoms with Gasteiger partial charge in [-0.2, -0.15) is 9.78 Å². The number of cyclic esters (lactones) is 1. The number of hydrogen-bond donors (Lipinski definition) is 0. The summed E-state index contributed by atoms with van der Waals surface area (Å²) in [6, 6.07) is 3.82. The van der Waals surface area contributed by atoms with E-state index in [1.807, 2.05) is 12.1 Å². The summed E-state index contributed by atoms with van der Waals surface area (Å²) < 4.78 is 6.58. The summed E-state index contributed by atoms with van der Waals surface area (Å²) in [4.78, 5) is 29.2. The molecule has 0 bridgehead atoms. The lowest BCUT2D eigenvalue weighted by molar-refractivity contribution is -0.138. The van der Waals surface area contributed by atoms with E-state index in [9.17, 15) is 9.59 Å². The van der Waals surface area contributed by atoms with E-state index in [2.05, 4.69) is 37.5 Å². The zero-order valence-corrected chi connectivity index (χ0v) is 18.3. The number of esters is 1. The molecule has 1 spiro atoms. The van der Waals surface area contributed by atoms with Crippen molar-refractivity contribution in [2.24, 2.45) is 5.41 Å². The fourth-order valence-electron chi connectivity index (χ4n) is 4.92. The number of nitrogens with zero attached hydrogens (tertiary/aromatic N) is 8. The van der Waals surface area contributed by atoms with E-state index in [-0.39, 0.29) is 29.8 Å². The van der Waals surface area contributed by atoms with Gasteiger partial charge in [-0.15, -0.1) is 10.2 Å². The van der Waals surface area contributed by atoms with E-state index < -0.39 is 0 Å². The molecule has 2 aromatic heterocycles. The van der Waals surface area contributed by atoms with E-state index in [0.717, 1.165) is 50.3 Å². The van der Waals surface area contributed by atoms with Crippen LogP contribution in [-0.4, -0.2) is 84.9 Å². The first kappa shape index (κ1) is 20.7. The van der Waals surface area contributed by atoms with Gasteiger partial charge in [0.2, 0.25) is 5.91 Å². The number of carbonyl (C=O) groups excluding carboxylic acids is 2. The average molecular weight is 438 g/mol. The molecule has 3 aliphatic heterocycles. The molecule has 0 saturated carbocycles. The fraction of sp³-hybridized carbons (Fsp3) is 0.571. The third kappa shape index (κ3) is 3.56. The number of tetrazole rings is 1. The normalized spacial score (nSPS) is 22.1. The van der Waals surface area contributed by atoms with Gasteiger partial charge in [0.05, 0.1) is 22.4 Å². The third-order valence-electron chi connectivity index (χ3n) is 7.02. The second kappa shape index (κ2) is 8.05. The quantitative estimate of drug-likeness (QED) is 0.621. The number of piperidine rings is 1. The standard InChI is InChI=1S/C21H26N8O3/c1-14(16-3-4-18(24-23-16)29-13-22-25-26-29)11-27-8-5-21(6-9-27)7-10-28(20(21)31)17-12-32-19(30)15(17)2/h3-4,13-14H,5-12H2,1-2H3/t14-/m1/s1. The number of aromatic nitrogens is 6. The minimum atomic E-state index is -0.314. The summed E-state index contributed by atoms with van der Waals surface area (Å²) in [7, 11) is 0. The first-order chi connectivity index (χ1) is 15.5. The fourth-order valence-corrected chi connectivity index (χ4v) is 4.92. The molecule has 2 aromatic rings. The van der Waals surface area contributed by atoms with Crippen molar-refractivity contribution < 1.29 is 14.3 Å². The molecule has 0 N–H and O–H groups in total. The molecule has 11 nitrogen and oxygen atoms in total. The molecule has 2 saturated heterocycles. The van der Waals surface area contributed by atoms with Gasteiger partial charge in [0.25, 0.3) is 0 Å². The molecule has 5 rings (SSSR count). The molecule has 0 aliphatic carbocycles. The molecule has 32 heavy (non-hydrogen) atoms. The highest BCUT2D eigenvalue weighted by atomic mass is 16.5. The van der Waals surface area contributed by atoms with Crippen molar-refractivity contribution >= 4 is 11.9 Å². The van der Waals surface area contributed by atoms with E-state index in [0.29, 0.717) is 17.9 Å². The van der Waals surface area contributed by atoms with Crippen molar-refractivity contribution in [1.29, 1.82) is 0 Å². The first-order valence-electron chi connectivity index (χ1n) is 10.9. The highest BCUT2D eigenvalue weighted by Gasteiger charge is 2.50. The molecule has 0 radical (unpaired) electrons. The molecule has 5 heterocycles. The number of carbonyl (C=O) groups is 2. The monoisotopic (exact) mass is 438 g/mol. The summed E-state index contributed by atoms with van der Waals surface area (Å²) in [6.45, 7) is 7.36. The Hall–Kier alpha value is -3.21. The van der Waals surface area contributed by atoms with Crippen molar-refractivity contribution in [2.75, 3.05) is 32.8 Å². The van der Waals surface area contributed by atoms with Crippen LogP contribution in [0.1, 0.15) is 44.7 Å². The predicted octanol–water partition coefficient (Wildman–Crippen LogP) is 0.701. The van der Waals surface area contributed by atoms with Crippen LogP contribution in [0.4, 0.5) is 0 Å². The summed E-state index contributed by atoms with van der Waals surface area (Å²) in [6.07, 6.45) is 3.99.